The van der Waals surface area contributed by atoms with Crippen LogP contribution < -0.4 is 0 Å². The molecule has 0 unspecified atom stereocenters. The van der Waals surface area contributed by atoms with E-state index in [9.17, 15) is 0 Å². The topological polar surface area (TPSA) is 74.3 Å². The molecule has 150 valence electrons. The van der Waals surface area contributed by atoms with Crippen LogP contribution in [0.15, 0.2) is 91.8 Å². The standard InChI is InChI=1S/C25H15N7/c1-3-8-20-16(6-1)18-13-23-19(12-22(18)31(20)24-27-10-5-11-28-24)17-7-2-4-9-21(17)32(23)25-29-14-26-15-30-25/h1-15H. The maximum Gasteiger partial charge on any atom is 0.237 e. The first-order chi connectivity index (χ1) is 15.9. The van der Waals surface area contributed by atoms with Crippen LogP contribution in [0.1, 0.15) is 0 Å². The van der Waals surface area contributed by atoms with Gasteiger partial charge in [0.2, 0.25) is 11.9 Å². The molecule has 7 rings (SSSR count). The Bertz CT molecular complexity index is 1630. The van der Waals surface area contributed by atoms with Gasteiger partial charge in [0.05, 0.1) is 22.1 Å². The van der Waals surface area contributed by atoms with Gasteiger partial charge in [-0.3, -0.25) is 9.13 Å². The van der Waals surface area contributed by atoms with Crippen LogP contribution in [-0.4, -0.2) is 34.1 Å². The molecule has 7 nitrogen and oxygen atoms in total. The lowest BCUT2D eigenvalue weighted by molar-refractivity contribution is 0.940. The Morgan fingerprint density at radius 1 is 0.469 bits per heavy atom. The van der Waals surface area contributed by atoms with Crippen LogP contribution in [0.5, 0.6) is 0 Å². The predicted molar refractivity (Wildman–Crippen MR) is 124 cm³/mol. The number of fused-ring (bicyclic) bond motifs is 6. The van der Waals surface area contributed by atoms with E-state index in [0.717, 1.165) is 43.6 Å². The summed E-state index contributed by atoms with van der Waals surface area (Å²) < 4.78 is 4.22. The molecule has 0 saturated carbocycles. The molecule has 0 amide bonds. The molecule has 0 N–H and O–H groups in total. The van der Waals surface area contributed by atoms with Crippen LogP contribution >= 0.6 is 0 Å². The summed E-state index contributed by atoms with van der Waals surface area (Å²) in [7, 11) is 0. The fraction of sp³-hybridized carbons (Fsp3) is 0. The van der Waals surface area contributed by atoms with Crippen molar-refractivity contribution in [3.8, 4) is 11.9 Å². The summed E-state index contributed by atoms with van der Waals surface area (Å²) in [6.07, 6.45) is 6.60. The Hall–Kier alpha value is -4.65. The molecule has 32 heavy (non-hydrogen) atoms. The largest absolute Gasteiger partial charge is 0.278 e. The summed E-state index contributed by atoms with van der Waals surface area (Å²) in [5, 5.41) is 4.52. The van der Waals surface area contributed by atoms with Gasteiger partial charge in [-0.1, -0.05) is 36.4 Å². The number of benzene rings is 3. The molecule has 0 bridgehead atoms. The van der Waals surface area contributed by atoms with Gasteiger partial charge in [0.15, 0.2) is 0 Å². The van der Waals surface area contributed by atoms with Gasteiger partial charge >= 0.3 is 0 Å². The van der Waals surface area contributed by atoms with Gasteiger partial charge in [-0.2, -0.15) is 0 Å². The summed E-state index contributed by atoms with van der Waals surface area (Å²) in [5.41, 5.74) is 4.22. The molecule has 4 heterocycles. The highest BCUT2D eigenvalue weighted by Crippen LogP contribution is 2.38. The van der Waals surface area contributed by atoms with E-state index in [0.29, 0.717) is 11.9 Å². The molecular weight excluding hydrogens is 398 g/mol. The third-order valence-electron chi connectivity index (χ3n) is 5.90. The van der Waals surface area contributed by atoms with Crippen molar-refractivity contribution < 1.29 is 0 Å². The third kappa shape index (κ3) is 2.27. The van der Waals surface area contributed by atoms with E-state index in [4.69, 9.17) is 0 Å². The van der Waals surface area contributed by atoms with Crippen molar-refractivity contribution in [2.24, 2.45) is 0 Å². The number of nitrogens with zero attached hydrogens (tertiary/aromatic N) is 7. The van der Waals surface area contributed by atoms with E-state index in [1.165, 1.54) is 12.7 Å². The fourth-order valence-electron chi connectivity index (χ4n) is 4.62. The minimum atomic E-state index is 0.598. The molecular formula is C25H15N7. The summed E-state index contributed by atoms with van der Waals surface area (Å²) in [6.45, 7) is 0. The second-order valence-corrected chi connectivity index (χ2v) is 7.58. The van der Waals surface area contributed by atoms with Crippen molar-refractivity contribution in [1.82, 2.24) is 34.1 Å². The second kappa shape index (κ2) is 6.42. The maximum atomic E-state index is 4.54. The number of hydrogen-bond donors (Lipinski definition) is 0. The molecule has 0 atom stereocenters. The first-order valence-electron chi connectivity index (χ1n) is 10.3. The quantitative estimate of drug-likeness (QED) is 0.405. The molecule has 4 aromatic heterocycles. The van der Waals surface area contributed by atoms with Crippen molar-refractivity contribution in [3.05, 3.63) is 91.8 Å². The van der Waals surface area contributed by atoms with Crippen LogP contribution in [0.4, 0.5) is 0 Å². The Kier molecular flexibility index (Phi) is 3.43. The molecule has 7 heteroatoms. The molecule has 0 fully saturated rings. The Balaban J connectivity index is 1.71. The Morgan fingerprint density at radius 2 is 0.969 bits per heavy atom. The van der Waals surface area contributed by atoms with Gasteiger partial charge in [-0.05, 0) is 30.3 Å². The smallest absolute Gasteiger partial charge is 0.237 e. The summed E-state index contributed by atoms with van der Waals surface area (Å²) >= 11 is 0. The van der Waals surface area contributed by atoms with Crippen molar-refractivity contribution in [2.45, 2.75) is 0 Å². The van der Waals surface area contributed by atoms with E-state index >= 15 is 0 Å². The van der Waals surface area contributed by atoms with Crippen LogP contribution in [0.2, 0.25) is 0 Å². The van der Waals surface area contributed by atoms with E-state index < -0.39 is 0 Å². The van der Waals surface area contributed by atoms with E-state index in [1.54, 1.807) is 12.4 Å². The minimum absolute atomic E-state index is 0.598. The fourth-order valence-corrected chi connectivity index (χ4v) is 4.62. The van der Waals surface area contributed by atoms with Gasteiger partial charge in [0.25, 0.3) is 0 Å². The highest BCUT2D eigenvalue weighted by Gasteiger charge is 2.19. The highest BCUT2D eigenvalue weighted by atomic mass is 15.2. The van der Waals surface area contributed by atoms with Gasteiger partial charge < -0.3 is 0 Å². The minimum Gasteiger partial charge on any atom is -0.278 e. The lowest BCUT2D eigenvalue weighted by Crippen LogP contribution is -2.01. The number of hydrogen-bond acceptors (Lipinski definition) is 5. The molecule has 0 spiro atoms. The Labute approximate surface area is 181 Å². The van der Waals surface area contributed by atoms with Crippen molar-refractivity contribution in [1.29, 1.82) is 0 Å². The average Bonchev–Trinajstić information content (AvgIpc) is 3.36. The third-order valence-corrected chi connectivity index (χ3v) is 5.90. The number of para-hydroxylation sites is 2. The zero-order chi connectivity index (χ0) is 21.1. The van der Waals surface area contributed by atoms with Gasteiger partial charge in [0, 0.05) is 33.9 Å². The molecule has 0 aliphatic rings. The van der Waals surface area contributed by atoms with Gasteiger partial charge in [-0.25, -0.2) is 24.9 Å². The monoisotopic (exact) mass is 413 g/mol. The molecule has 0 aliphatic carbocycles. The van der Waals surface area contributed by atoms with Gasteiger partial charge in [0.1, 0.15) is 12.7 Å². The summed E-state index contributed by atoms with van der Waals surface area (Å²) in [4.78, 5) is 21.9. The molecule has 3 aromatic carbocycles. The van der Waals surface area contributed by atoms with Crippen LogP contribution in [0.3, 0.4) is 0 Å². The van der Waals surface area contributed by atoms with Crippen molar-refractivity contribution in [2.75, 3.05) is 0 Å². The zero-order valence-electron chi connectivity index (χ0n) is 16.8. The highest BCUT2D eigenvalue weighted by molar-refractivity contribution is 6.18. The maximum absolute atomic E-state index is 4.54. The molecule has 0 saturated heterocycles. The normalized spacial score (nSPS) is 11.8. The van der Waals surface area contributed by atoms with Crippen LogP contribution in [0, 0.1) is 0 Å². The average molecular weight is 413 g/mol. The number of rotatable bonds is 2. The molecule has 0 radical (unpaired) electrons. The predicted octanol–water partition coefficient (Wildman–Crippen LogP) is 4.86. The van der Waals surface area contributed by atoms with Crippen molar-refractivity contribution in [3.63, 3.8) is 0 Å². The second-order valence-electron chi connectivity index (χ2n) is 7.58. The van der Waals surface area contributed by atoms with Gasteiger partial charge in [-0.15, -0.1) is 0 Å². The van der Waals surface area contributed by atoms with E-state index in [-0.39, 0.29) is 0 Å². The lowest BCUT2D eigenvalue weighted by atomic mass is 10.1. The van der Waals surface area contributed by atoms with E-state index in [1.807, 2.05) is 18.2 Å². The van der Waals surface area contributed by atoms with Crippen LogP contribution in [-0.2, 0) is 0 Å². The Morgan fingerprint density at radius 3 is 1.53 bits per heavy atom. The zero-order valence-corrected chi connectivity index (χ0v) is 16.8. The molecule has 7 aromatic rings. The summed E-state index contributed by atoms with van der Waals surface area (Å²) in [5.74, 6) is 1.25. The number of aromatic nitrogens is 7. The van der Waals surface area contributed by atoms with E-state index in [2.05, 4.69) is 82.6 Å². The first-order valence-corrected chi connectivity index (χ1v) is 10.3. The van der Waals surface area contributed by atoms with Crippen molar-refractivity contribution >= 4 is 43.6 Å². The SMILES string of the molecule is c1cnc(-n2c3ccccc3c3cc4c(cc32)c2ccccc2n4-c2ncncn2)nc1. The lowest BCUT2D eigenvalue weighted by Gasteiger charge is -2.06. The van der Waals surface area contributed by atoms with Crippen LogP contribution in [0.25, 0.3) is 55.5 Å². The molecule has 0 aliphatic heterocycles. The summed E-state index contributed by atoms with van der Waals surface area (Å²) in [6, 6.07) is 22.9. The first kappa shape index (κ1) is 17.1.